The number of hydrogen-bond acceptors (Lipinski definition) is 3. The first-order valence-corrected chi connectivity index (χ1v) is 9.43. The number of amides is 2. The Morgan fingerprint density at radius 1 is 1.08 bits per heavy atom. The highest BCUT2D eigenvalue weighted by atomic mass is 32.2. The number of carbonyl (C=O) groups is 2. The lowest BCUT2D eigenvalue weighted by molar-refractivity contribution is -0.138. The molecule has 3 atom stereocenters. The molecule has 1 saturated heterocycles. The van der Waals surface area contributed by atoms with Crippen LogP contribution in [0.15, 0.2) is 60.7 Å². The molecule has 0 aromatic heterocycles. The molecule has 1 fully saturated rings. The maximum Gasteiger partial charge on any atom is 0.244 e. The minimum absolute atomic E-state index is 0.0774. The molecule has 2 aromatic rings. The molecule has 0 spiro atoms. The summed E-state index contributed by atoms with van der Waals surface area (Å²) in [4.78, 5) is 26.7. The zero-order chi connectivity index (χ0) is 17.8. The zero-order valence-corrected chi connectivity index (χ0v) is 15.2. The van der Waals surface area contributed by atoms with Crippen LogP contribution < -0.4 is 5.32 Å². The largest absolute Gasteiger partial charge is 0.348 e. The molecule has 0 saturated carbocycles. The SMILES string of the molecule is CC(=O)N1[C@@H](C(=O)N[C@H](C)c2ccccc2)CS[C@@H]1c1ccccc1. The van der Waals surface area contributed by atoms with Gasteiger partial charge in [-0.25, -0.2) is 0 Å². The lowest BCUT2D eigenvalue weighted by Gasteiger charge is -2.28. The average molecular weight is 354 g/mol. The fourth-order valence-corrected chi connectivity index (χ4v) is 4.58. The molecule has 1 N–H and O–H groups in total. The van der Waals surface area contributed by atoms with E-state index < -0.39 is 6.04 Å². The third-order valence-corrected chi connectivity index (χ3v) is 5.73. The normalized spacial score (nSPS) is 21.0. The predicted molar refractivity (Wildman–Crippen MR) is 101 cm³/mol. The minimum Gasteiger partial charge on any atom is -0.348 e. The molecule has 0 bridgehead atoms. The van der Waals surface area contributed by atoms with Crippen LogP contribution in [0.5, 0.6) is 0 Å². The van der Waals surface area contributed by atoms with E-state index in [0.717, 1.165) is 11.1 Å². The van der Waals surface area contributed by atoms with Gasteiger partial charge in [0.25, 0.3) is 0 Å². The first kappa shape index (κ1) is 17.5. The van der Waals surface area contributed by atoms with Gasteiger partial charge in [-0.1, -0.05) is 60.7 Å². The van der Waals surface area contributed by atoms with Crippen molar-refractivity contribution in [2.45, 2.75) is 31.3 Å². The molecule has 0 radical (unpaired) electrons. The van der Waals surface area contributed by atoms with Gasteiger partial charge in [0, 0.05) is 12.7 Å². The zero-order valence-electron chi connectivity index (χ0n) is 14.4. The third kappa shape index (κ3) is 3.87. The molecule has 2 amide bonds. The highest BCUT2D eigenvalue weighted by Gasteiger charge is 2.41. The number of nitrogens with one attached hydrogen (secondary N) is 1. The lowest BCUT2D eigenvalue weighted by Crippen LogP contribution is -2.47. The predicted octanol–water partition coefficient (Wildman–Crippen LogP) is 3.53. The van der Waals surface area contributed by atoms with Crippen molar-refractivity contribution in [2.75, 3.05) is 5.75 Å². The van der Waals surface area contributed by atoms with Gasteiger partial charge in [0.2, 0.25) is 11.8 Å². The Labute approximate surface area is 152 Å². The van der Waals surface area contributed by atoms with Crippen molar-refractivity contribution in [1.82, 2.24) is 10.2 Å². The Kier molecular flexibility index (Phi) is 5.43. The summed E-state index contributed by atoms with van der Waals surface area (Å²) in [6.07, 6.45) is 0. The van der Waals surface area contributed by atoms with Crippen molar-refractivity contribution in [1.29, 1.82) is 0 Å². The molecule has 1 aliphatic heterocycles. The highest BCUT2D eigenvalue weighted by molar-refractivity contribution is 7.99. The Morgan fingerprint density at radius 3 is 2.28 bits per heavy atom. The fourth-order valence-electron chi connectivity index (χ4n) is 3.10. The molecule has 5 heteroatoms. The summed E-state index contributed by atoms with van der Waals surface area (Å²) in [5.41, 5.74) is 2.10. The van der Waals surface area contributed by atoms with E-state index in [1.165, 1.54) is 6.92 Å². The smallest absolute Gasteiger partial charge is 0.244 e. The van der Waals surface area contributed by atoms with Gasteiger partial charge in [0.05, 0.1) is 6.04 Å². The molecule has 0 aliphatic carbocycles. The van der Waals surface area contributed by atoms with Crippen molar-refractivity contribution >= 4 is 23.6 Å². The van der Waals surface area contributed by atoms with E-state index in [9.17, 15) is 9.59 Å². The van der Waals surface area contributed by atoms with Crippen molar-refractivity contribution in [3.63, 3.8) is 0 Å². The lowest BCUT2D eigenvalue weighted by atomic mass is 10.1. The Balaban J connectivity index is 1.75. The second-order valence-corrected chi connectivity index (χ2v) is 7.29. The molecule has 2 aromatic carbocycles. The fraction of sp³-hybridized carbons (Fsp3) is 0.300. The van der Waals surface area contributed by atoms with E-state index in [1.54, 1.807) is 16.7 Å². The van der Waals surface area contributed by atoms with Crippen LogP contribution in [0.2, 0.25) is 0 Å². The molecule has 3 rings (SSSR count). The first-order chi connectivity index (χ1) is 12.1. The quantitative estimate of drug-likeness (QED) is 0.914. The van der Waals surface area contributed by atoms with E-state index in [4.69, 9.17) is 0 Å². The number of carbonyl (C=O) groups excluding carboxylic acids is 2. The first-order valence-electron chi connectivity index (χ1n) is 8.38. The van der Waals surface area contributed by atoms with Gasteiger partial charge in [-0.3, -0.25) is 9.59 Å². The molecule has 25 heavy (non-hydrogen) atoms. The monoisotopic (exact) mass is 354 g/mol. The topological polar surface area (TPSA) is 49.4 Å². The van der Waals surface area contributed by atoms with Crippen molar-refractivity contribution in [2.24, 2.45) is 0 Å². The second-order valence-electron chi connectivity index (χ2n) is 6.18. The van der Waals surface area contributed by atoms with E-state index in [0.29, 0.717) is 5.75 Å². The van der Waals surface area contributed by atoms with Crippen LogP contribution in [-0.2, 0) is 9.59 Å². The van der Waals surface area contributed by atoms with E-state index in [-0.39, 0.29) is 23.2 Å². The van der Waals surface area contributed by atoms with Crippen LogP contribution in [0, 0.1) is 0 Å². The molecule has 1 aliphatic rings. The third-order valence-electron chi connectivity index (χ3n) is 4.41. The van der Waals surface area contributed by atoms with Crippen molar-refractivity contribution < 1.29 is 9.59 Å². The van der Waals surface area contributed by atoms with Gasteiger partial charge < -0.3 is 10.2 Å². The number of benzene rings is 2. The van der Waals surface area contributed by atoms with Gasteiger partial charge >= 0.3 is 0 Å². The van der Waals surface area contributed by atoms with Crippen LogP contribution in [-0.4, -0.2) is 28.5 Å². The summed E-state index contributed by atoms with van der Waals surface area (Å²) in [5, 5.41) is 2.94. The standard InChI is InChI=1S/C20H22N2O2S/c1-14(16-9-5-3-6-10-16)21-19(24)18-13-25-20(22(18)15(2)23)17-11-7-4-8-12-17/h3-12,14,18,20H,13H2,1-2H3,(H,21,24)/t14-,18-,20-/m1/s1. The number of hydrogen-bond donors (Lipinski definition) is 1. The van der Waals surface area contributed by atoms with E-state index in [2.05, 4.69) is 5.32 Å². The average Bonchev–Trinajstić information content (AvgIpc) is 3.08. The van der Waals surface area contributed by atoms with E-state index >= 15 is 0 Å². The molecular formula is C20H22N2O2S. The minimum atomic E-state index is -0.445. The summed E-state index contributed by atoms with van der Waals surface area (Å²) >= 11 is 1.64. The van der Waals surface area contributed by atoms with Crippen molar-refractivity contribution in [3.05, 3.63) is 71.8 Å². The van der Waals surface area contributed by atoms with Crippen LogP contribution in [0.3, 0.4) is 0 Å². The summed E-state index contributed by atoms with van der Waals surface area (Å²) in [6.45, 7) is 3.49. The van der Waals surface area contributed by atoms with Gasteiger partial charge in [-0.05, 0) is 18.1 Å². The van der Waals surface area contributed by atoms with E-state index in [1.807, 2.05) is 67.6 Å². The number of nitrogens with zero attached hydrogens (tertiary/aromatic N) is 1. The molecule has 1 heterocycles. The van der Waals surface area contributed by atoms with Gasteiger partial charge in [0.15, 0.2) is 0 Å². The van der Waals surface area contributed by atoms with Crippen LogP contribution in [0.1, 0.15) is 36.4 Å². The molecule has 4 nitrogen and oxygen atoms in total. The van der Waals surface area contributed by atoms with Crippen LogP contribution in [0.25, 0.3) is 0 Å². The summed E-state index contributed by atoms with van der Waals surface area (Å²) < 4.78 is 0. The van der Waals surface area contributed by atoms with Gasteiger partial charge in [-0.2, -0.15) is 0 Å². The van der Waals surface area contributed by atoms with Crippen LogP contribution in [0.4, 0.5) is 0 Å². The van der Waals surface area contributed by atoms with Gasteiger partial charge in [0.1, 0.15) is 11.4 Å². The Bertz CT molecular complexity index is 736. The molecular weight excluding hydrogens is 332 g/mol. The maximum absolute atomic E-state index is 12.8. The summed E-state index contributed by atoms with van der Waals surface area (Å²) in [7, 11) is 0. The second kappa shape index (κ2) is 7.74. The summed E-state index contributed by atoms with van der Waals surface area (Å²) in [5.74, 6) is 0.427. The molecule has 0 unspecified atom stereocenters. The van der Waals surface area contributed by atoms with Gasteiger partial charge in [-0.15, -0.1) is 11.8 Å². The number of rotatable bonds is 4. The maximum atomic E-state index is 12.8. The highest BCUT2D eigenvalue weighted by Crippen LogP contribution is 2.41. The Hall–Kier alpha value is -2.27. The molecule has 130 valence electrons. The van der Waals surface area contributed by atoms with Crippen molar-refractivity contribution in [3.8, 4) is 0 Å². The summed E-state index contributed by atoms with van der Waals surface area (Å²) in [6, 6.07) is 19.2. The number of thioether (sulfide) groups is 1. The Morgan fingerprint density at radius 2 is 1.68 bits per heavy atom. The van der Waals surface area contributed by atoms with Crippen LogP contribution >= 0.6 is 11.8 Å².